The monoisotopic (exact) mass is 380 g/mol. The van der Waals surface area contributed by atoms with E-state index in [2.05, 4.69) is 10.6 Å². The Morgan fingerprint density at radius 1 is 0.893 bits per heavy atom. The highest BCUT2D eigenvalue weighted by Gasteiger charge is 2.21. The van der Waals surface area contributed by atoms with Crippen LogP contribution in [0.25, 0.3) is 0 Å². The summed E-state index contributed by atoms with van der Waals surface area (Å²) < 4.78 is 0. The van der Waals surface area contributed by atoms with Crippen LogP contribution in [-0.2, 0) is 16.0 Å². The van der Waals surface area contributed by atoms with Gasteiger partial charge in [-0.3, -0.25) is 9.59 Å². The van der Waals surface area contributed by atoms with Gasteiger partial charge in [-0.1, -0.05) is 37.5 Å². The number of carboxylic acids is 1. The van der Waals surface area contributed by atoms with Crippen molar-refractivity contribution in [2.45, 2.75) is 38.5 Å². The fraction of sp³-hybridized carbons (Fsp3) is 0.318. The molecule has 3 N–H and O–H groups in total. The molecule has 0 unspecified atom stereocenters. The van der Waals surface area contributed by atoms with E-state index in [1.54, 1.807) is 36.4 Å². The molecule has 146 valence electrons. The molecule has 0 atom stereocenters. The second-order valence-corrected chi connectivity index (χ2v) is 7.14. The van der Waals surface area contributed by atoms with Crippen molar-refractivity contribution in [2.24, 2.45) is 5.92 Å². The molecule has 1 fully saturated rings. The van der Waals surface area contributed by atoms with Gasteiger partial charge >= 0.3 is 5.97 Å². The van der Waals surface area contributed by atoms with Crippen LogP contribution in [0.15, 0.2) is 48.5 Å². The van der Waals surface area contributed by atoms with Crippen LogP contribution in [0.5, 0.6) is 0 Å². The highest BCUT2D eigenvalue weighted by Crippen LogP contribution is 2.25. The van der Waals surface area contributed by atoms with Gasteiger partial charge in [0.2, 0.25) is 11.8 Å². The van der Waals surface area contributed by atoms with Gasteiger partial charge in [0.15, 0.2) is 0 Å². The second-order valence-electron chi connectivity index (χ2n) is 7.14. The molecule has 2 amide bonds. The maximum atomic E-state index is 12.4. The smallest absolute Gasteiger partial charge is 0.335 e. The molecule has 1 saturated carbocycles. The van der Waals surface area contributed by atoms with Gasteiger partial charge in [0.1, 0.15) is 0 Å². The van der Waals surface area contributed by atoms with Crippen molar-refractivity contribution in [3.63, 3.8) is 0 Å². The van der Waals surface area contributed by atoms with E-state index in [1.165, 1.54) is 18.6 Å². The first-order chi connectivity index (χ1) is 13.5. The minimum Gasteiger partial charge on any atom is -0.478 e. The molecule has 2 aromatic rings. The summed E-state index contributed by atoms with van der Waals surface area (Å²) in [7, 11) is 0. The number of nitrogens with one attached hydrogen (secondary N) is 2. The maximum absolute atomic E-state index is 12.4. The number of anilines is 2. The van der Waals surface area contributed by atoms with Crippen LogP contribution in [0, 0.1) is 5.92 Å². The number of hydrogen-bond donors (Lipinski definition) is 3. The average molecular weight is 380 g/mol. The van der Waals surface area contributed by atoms with Crippen LogP contribution in [0.1, 0.15) is 48.0 Å². The Morgan fingerprint density at radius 3 is 2.29 bits per heavy atom. The van der Waals surface area contributed by atoms with Crippen molar-refractivity contribution in [2.75, 3.05) is 10.6 Å². The third-order valence-electron chi connectivity index (χ3n) is 4.93. The normalized spacial score (nSPS) is 14.3. The predicted octanol–water partition coefficient (Wildman–Crippen LogP) is 4.08. The van der Waals surface area contributed by atoms with Crippen LogP contribution in [0.3, 0.4) is 0 Å². The third-order valence-corrected chi connectivity index (χ3v) is 4.93. The predicted molar refractivity (Wildman–Crippen MR) is 107 cm³/mol. The summed E-state index contributed by atoms with van der Waals surface area (Å²) in [6.07, 6.45) is 5.31. The fourth-order valence-electron chi connectivity index (χ4n) is 3.49. The van der Waals surface area contributed by atoms with E-state index >= 15 is 0 Å². The van der Waals surface area contributed by atoms with Crippen LogP contribution in [-0.4, -0.2) is 22.9 Å². The molecular weight excluding hydrogens is 356 g/mol. The number of aromatic carboxylic acids is 1. The van der Waals surface area contributed by atoms with Crippen molar-refractivity contribution in [1.29, 1.82) is 0 Å². The zero-order chi connectivity index (χ0) is 19.9. The summed E-state index contributed by atoms with van der Waals surface area (Å²) in [6.45, 7) is 0. The quantitative estimate of drug-likeness (QED) is 0.703. The topological polar surface area (TPSA) is 95.5 Å². The van der Waals surface area contributed by atoms with E-state index in [4.69, 9.17) is 5.11 Å². The van der Waals surface area contributed by atoms with Crippen LogP contribution in [0.2, 0.25) is 0 Å². The molecule has 0 heterocycles. The molecule has 0 saturated heterocycles. The molecule has 0 radical (unpaired) electrons. The van der Waals surface area contributed by atoms with Crippen molar-refractivity contribution < 1.29 is 19.5 Å². The zero-order valence-electron chi connectivity index (χ0n) is 15.6. The molecule has 3 rings (SSSR count). The SMILES string of the molecule is O=C(Cc1cccc(C(=O)O)c1)Nc1cccc(NC(=O)C2CCCCC2)c1. The summed E-state index contributed by atoms with van der Waals surface area (Å²) in [5.74, 6) is -1.18. The van der Waals surface area contributed by atoms with Gasteiger partial charge in [-0.15, -0.1) is 0 Å². The molecule has 1 aliphatic carbocycles. The summed E-state index contributed by atoms with van der Waals surface area (Å²) in [4.78, 5) is 35.7. The Kier molecular flexibility index (Phi) is 6.42. The Hall–Kier alpha value is -3.15. The molecule has 0 aromatic heterocycles. The Bertz CT molecular complexity index is 872. The first-order valence-corrected chi connectivity index (χ1v) is 9.54. The molecule has 2 aromatic carbocycles. The number of carbonyl (C=O) groups is 3. The van der Waals surface area contributed by atoms with Crippen molar-refractivity contribution in [3.8, 4) is 0 Å². The maximum Gasteiger partial charge on any atom is 0.335 e. The van der Waals surface area contributed by atoms with Gasteiger partial charge in [0.05, 0.1) is 12.0 Å². The molecule has 6 heteroatoms. The lowest BCUT2D eigenvalue weighted by Crippen LogP contribution is -2.24. The largest absolute Gasteiger partial charge is 0.478 e. The Morgan fingerprint density at radius 2 is 1.57 bits per heavy atom. The van der Waals surface area contributed by atoms with Gasteiger partial charge in [0, 0.05) is 17.3 Å². The van der Waals surface area contributed by atoms with E-state index in [-0.39, 0.29) is 29.7 Å². The Balaban J connectivity index is 1.59. The van der Waals surface area contributed by atoms with Crippen LogP contribution in [0.4, 0.5) is 11.4 Å². The first-order valence-electron chi connectivity index (χ1n) is 9.54. The van der Waals surface area contributed by atoms with E-state index in [0.29, 0.717) is 16.9 Å². The summed E-state index contributed by atoms with van der Waals surface area (Å²) in [6, 6.07) is 13.4. The summed E-state index contributed by atoms with van der Waals surface area (Å²) in [5, 5.41) is 14.8. The number of hydrogen-bond acceptors (Lipinski definition) is 3. The first kappa shape index (κ1) is 19.6. The number of carbonyl (C=O) groups excluding carboxylic acids is 2. The minimum atomic E-state index is -1.02. The molecule has 0 spiro atoms. The number of amides is 2. The van der Waals surface area contributed by atoms with Crippen LogP contribution < -0.4 is 10.6 Å². The standard InChI is InChI=1S/C22H24N2O4/c25-20(13-15-6-4-9-17(12-15)22(27)28)23-18-10-5-11-19(14-18)24-21(26)16-7-2-1-3-8-16/h4-6,9-12,14,16H,1-3,7-8,13H2,(H,23,25)(H,24,26)(H,27,28). The van der Waals surface area contributed by atoms with Crippen molar-refractivity contribution >= 4 is 29.2 Å². The highest BCUT2D eigenvalue weighted by atomic mass is 16.4. The third kappa shape index (κ3) is 5.42. The Labute approximate surface area is 164 Å². The average Bonchev–Trinajstić information content (AvgIpc) is 2.69. The zero-order valence-corrected chi connectivity index (χ0v) is 15.6. The lowest BCUT2D eigenvalue weighted by atomic mass is 9.88. The van der Waals surface area contributed by atoms with Crippen molar-refractivity contribution in [3.05, 3.63) is 59.7 Å². The molecule has 6 nitrogen and oxygen atoms in total. The van der Waals surface area contributed by atoms with E-state index in [1.807, 2.05) is 0 Å². The highest BCUT2D eigenvalue weighted by molar-refractivity contribution is 5.96. The molecule has 1 aliphatic rings. The van der Waals surface area contributed by atoms with Gasteiger partial charge in [0.25, 0.3) is 0 Å². The number of carboxylic acid groups (broad SMARTS) is 1. The van der Waals surface area contributed by atoms with Gasteiger partial charge in [-0.25, -0.2) is 4.79 Å². The van der Waals surface area contributed by atoms with E-state index in [9.17, 15) is 14.4 Å². The van der Waals surface area contributed by atoms with Crippen LogP contribution >= 0.6 is 0 Å². The van der Waals surface area contributed by atoms with E-state index < -0.39 is 5.97 Å². The van der Waals surface area contributed by atoms with Gasteiger partial charge < -0.3 is 15.7 Å². The van der Waals surface area contributed by atoms with E-state index in [0.717, 1.165) is 25.7 Å². The molecule has 0 aliphatic heterocycles. The summed E-state index contributed by atoms with van der Waals surface area (Å²) in [5.41, 5.74) is 2.01. The number of rotatable bonds is 6. The lowest BCUT2D eigenvalue weighted by Gasteiger charge is -2.20. The summed E-state index contributed by atoms with van der Waals surface area (Å²) >= 11 is 0. The molecule has 0 bridgehead atoms. The second kappa shape index (κ2) is 9.17. The van der Waals surface area contributed by atoms with Crippen molar-refractivity contribution in [1.82, 2.24) is 0 Å². The molecular formula is C22H24N2O4. The van der Waals surface area contributed by atoms with Gasteiger partial charge in [-0.05, 0) is 48.7 Å². The number of benzene rings is 2. The fourth-order valence-corrected chi connectivity index (χ4v) is 3.49. The van der Waals surface area contributed by atoms with Gasteiger partial charge in [-0.2, -0.15) is 0 Å². The molecule has 28 heavy (non-hydrogen) atoms. The minimum absolute atomic E-state index is 0.0358. The lowest BCUT2D eigenvalue weighted by molar-refractivity contribution is -0.120.